The monoisotopic (exact) mass is 280 g/mol. The fraction of sp³-hybridized carbons (Fsp3) is 0.467. The summed E-state index contributed by atoms with van der Waals surface area (Å²) in [5, 5.41) is 18.2. The summed E-state index contributed by atoms with van der Waals surface area (Å²) >= 11 is 0. The number of nitrogens with zero attached hydrogens (tertiary/aromatic N) is 6. The van der Waals surface area contributed by atoms with E-state index < -0.39 is 0 Å². The lowest BCUT2D eigenvalue weighted by Gasteiger charge is -2.21. The molecule has 0 bridgehead atoms. The third-order valence-electron chi connectivity index (χ3n) is 4.00. The molecule has 6 heteroatoms. The van der Waals surface area contributed by atoms with Gasteiger partial charge in [0.2, 0.25) is 0 Å². The molecule has 3 rings (SSSR count). The lowest BCUT2D eigenvalue weighted by Crippen LogP contribution is -2.21. The van der Waals surface area contributed by atoms with Crippen LogP contribution in [0.1, 0.15) is 30.5 Å². The minimum atomic E-state index is 0.445. The normalized spacial score (nSPS) is 13.5. The van der Waals surface area contributed by atoms with E-state index in [0.29, 0.717) is 18.5 Å². The van der Waals surface area contributed by atoms with Crippen molar-refractivity contribution in [3.05, 3.63) is 17.6 Å². The maximum Gasteiger partial charge on any atom is 0.156 e. The van der Waals surface area contributed by atoms with Crippen molar-refractivity contribution in [2.45, 2.75) is 32.2 Å². The van der Waals surface area contributed by atoms with Gasteiger partial charge in [-0.2, -0.15) is 10.5 Å². The van der Waals surface area contributed by atoms with Crippen molar-refractivity contribution in [2.75, 3.05) is 18.5 Å². The molecule has 0 aromatic carbocycles. The Hall–Kier alpha value is -2.60. The molecule has 0 N–H and O–H groups in total. The van der Waals surface area contributed by atoms with Gasteiger partial charge in [0.1, 0.15) is 23.4 Å². The van der Waals surface area contributed by atoms with Crippen molar-refractivity contribution in [2.24, 2.45) is 0 Å². The quantitative estimate of drug-likeness (QED) is 0.858. The molecule has 0 saturated heterocycles. The molecule has 21 heavy (non-hydrogen) atoms. The smallest absolute Gasteiger partial charge is 0.156 e. The minimum absolute atomic E-state index is 0.445. The van der Waals surface area contributed by atoms with Gasteiger partial charge in [0, 0.05) is 25.8 Å². The highest BCUT2D eigenvalue weighted by Gasteiger charge is 2.24. The predicted molar refractivity (Wildman–Crippen MR) is 78.7 cm³/mol. The zero-order valence-electron chi connectivity index (χ0n) is 12.0. The van der Waals surface area contributed by atoms with Crippen molar-refractivity contribution >= 4 is 16.9 Å². The number of nitriles is 2. The summed E-state index contributed by atoms with van der Waals surface area (Å²) < 4.78 is 2.19. The zero-order valence-corrected chi connectivity index (χ0v) is 12.0. The van der Waals surface area contributed by atoms with Gasteiger partial charge in [-0.05, 0) is 19.3 Å². The van der Waals surface area contributed by atoms with Crippen molar-refractivity contribution in [1.82, 2.24) is 14.5 Å². The maximum atomic E-state index is 9.47. The minimum Gasteiger partial charge on any atom is -0.357 e. The fourth-order valence-corrected chi connectivity index (χ4v) is 3.00. The van der Waals surface area contributed by atoms with Gasteiger partial charge in [-0.3, -0.25) is 0 Å². The van der Waals surface area contributed by atoms with Crippen molar-refractivity contribution in [3.8, 4) is 12.1 Å². The van der Waals surface area contributed by atoms with Gasteiger partial charge in [0.25, 0.3) is 0 Å². The van der Waals surface area contributed by atoms with Gasteiger partial charge in [-0.25, -0.2) is 9.97 Å². The van der Waals surface area contributed by atoms with E-state index in [-0.39, 0.29) is 0 Å². The molecular weight excluding hydrogens is 264 g/mol. The Balaban J connectivity index is 2.21. The molecule has 106 valence electrons. The van der Waals surface area contributed by atoms with E-state index in [1.165, 1.54) is 6.33 Å². The van der Waals surface area contributed by atoms with Crippen LogP contribution >= 0.6 is 0 Å². The van der Waals surface area contributed by atoms with E-state index in [0.717, 1.165) is 48.4 Å². The molecule has 0 saturated carbocycles. The number of aromatic nitrogens is 3. The number of hydrogen-bond acceptors (Lipinski definition) is 5. The van der Waals surface area contributed by atoms with E-state index in [2.05, 4.69) is 26.7 Å². The third-order valence-corrected chi connectivity index (χ3v) is 4.00. The molecule has 6 nitrogen and oxygen atoms in total. The van der Waals surface area contributed by atoms with Crippen LogP contribution in [0, 0.1) is 22.7 Å². The van der Waals surface area contributed by atoms with Gasteiger partial charge in [-0.15, -0.1) is 0 Å². The molecule has 2 aromatic rings. The Morgan fingerprint density at radius 2 is 2.19 bits per heavy atom. The molecule has 0 atom stereocenters. The van der Waals surface area contributed by atoms with Gasteiger partial charge in [-0.1, -0.05) is 0 Å². The van der Waals surface area contributed by atoms with E-state index in [1.54, 1.807) is 0 Å². The highest BCUT2D eigenvalue weighted by molar-refractivity contribution is 5.92. The van der Waals surface area contributed by atoms with E-state index in [1.807, 2.05) is 11.9 Å². The Labute approximate surface area is 123 Å². The van der Waals surface area contributed by atoms with Gasteiger partial charge >= 0.3 is 0 Å². The number of rotatable bonds is 3. The Kier molecular flexibility index (Phi) is 3.45. The van der Waals surface area contributed by atoms with Crippen molar-refractivity contribution in [1.29, 1.82) is 10.5 Å². The largest absolute Gasteiger partial charge is 0.357 e. The highest BCUT2D eigenvalue weighted by Crippen LogP contribution is 2.33. The summed E-state index contributed by atoms with van der Waals surface area (Å²) in [6.07, 6.45) is 5.09. The average Bonchev–Trinajstić information content (AvgIpc) is 2.86. The summed E-state index contributed by atoms with van der Waals surface area (Å²) in [6, 6.07) is 4.46. The molecule has 0 unspecified atom stereocenters. The van der Waals surface area contributed by atoms with Crippen LogP contribution in [-0.4, -0.2) is 28.1 Å². The molecule has 0 aliphatic carbocycles. The Morgan fingerprint density at radius 3 is 2.95 bits per heavy atom. The predicted octanol–water partition coefficient (Wildman–Crippen LogP) is 1.99. The molecule has 0 radical (unpaired) electrons. The highest BCUT2D eigenvalue weighted by atomic mass is 15.2. The average molecular weight is 280 g/mol. The second-order valence-electron chi connectivity index (χ2n) is 5.27. The number of aryl methyl sites for hydroxylation is 1. The van der Waals surface area contributed by atoms with Crippen LogP contribution in [0.3, 0.4) is 0 Å². The molecule has 3 heterocycles. The van der Waals surface area contributed by atoms with E-state index in [9.17, 15) is 5.26 Å². The molecular formula is C15H16N6. The van der Waals surface area contributed by atoms with Crippen LogP contribution in [-0.2, 0) is 13.0 Å². The Morgan fingerprint density at radius 1 is 1.33 bits per heavy atom. The SMILES string of the molecule is CN(CCC#N)c1ncnc2c(C#N)c3n(c12)CCCC3. The summed E-state index contributed by atoms with van der Waals surface area (Å²) in [7, 11) is 1.92. The maximum absolute atomic E-state index is 9.47. The number of hydrogen-bond donors (Lipinski definition) is 0. The summed E-state index contributed by atoms with van der Waals surface area (Å²) in [4.78, 5) is 10.7. The molecule has 0 fully saturated rings. The first-order chi connectivity index (χ1) is 10.3. The molecule has 1 aliphatic heterocycles. The Bertz CT molecular complexity index is 761. The first-order valence-electron chi connectivity index (χ1n) is 7.12. The van der Waals surface area contributed by atoms with Crippen LogP contribution in [0.15, 0.2) is 6.33 Å². The van der Waals surface area contributed by atoms with Crippen LogP contribution in [0.5, 0.6) is 0 Å². The molecule has 2 aromatic heterocycles. The molecule has 0 amide bonds. The van der Waals surface area contributed by atoms with Crippen LogP contribution in [0.2, 0.25) is 0 Å². The van der Waals surface area contributed by atoms with Crippen molar-refractivity contribution in [3.63, 3.8) is 0 Å². The lowest BCUT2D eigenvalue weighted by atomic mass is 10.1. The van der Waals surface area contributed by atoms with E-state index in [4.69, 9.17) is 5.26 Å². The third kappa shape index (κ3) is 2.09. The standard InChI is InChI=1S/C15H16N6/c1-20(7-4-6-16)15-14-13(18-10-19-15)11(9-17)12-5-2-3-8-21(12)14/h10H,2-5,7-8H2,1H3. The summed E-state index contributed by atoms with van der Waals surface area (Å²) in [5.74, 6) is 0.805. The lowest BCUT2D eigenvalue weighted by molar-refractivity contribution is 0.543. The number of fused-ring (bicyclic) bond motifs is 3. The van der Waals surface area contributed by atoms with Gasteiger partial charge < -0.3 is 9.47 Å². The van der Waals surface area contributed by atoms with E-state index >= 15 is 0 Å². The molecule has 0 spiro atoms. The zero-order chi connectivity index (χ0) is 14.8. The van der Waals surface area contributed by atoms with Crippen LogP contribution < -0.4 is 4.90 Å². The van der Waals surface area contributed by atoms with Crippen LogP contribution in [0.4, 0.5) is 5.82 Å². The molecule has 1 aliphatic rings. The second kappa shape index (κ2) is 5.41. The number of anilines is 1. The van der Waals surface area contributed by atoms with Gasteiger partial charge in [0.15, 0.2) is 5.82 Å². The van der Waals surface area contributed by atoms with Crippen molar-refractivity contribution < 1.29 is 0 Å². The fourth-order valence-electron chi connectivity index (χ4n) is 3.00. The van der Waals surface area contributed by atoms with Gasteiger partial charge in [0.05, 0.1) is 18.1 Å². The van der Waals surface area contributed by atoms with Crippen LogP contribution in [0.25, 0.3) is 11.0 Å². The summed E-state index contributed by atoms with van der Waals surface area (Å²) in [6.45, 7) is 1.52. The first-order valence-corrected chi connectivity index (χ1v) is 7.12. The topological polar surface area (TPSA) is 81.5 Å². The second-order valence-corrected chi connectivity index (χ2v) is 5.27. The first kappa shape index (κ1) is 13.4. The summed E-state index contributed by atoms with van der Waals surface area (Å²) in [5.41, 5.74) is 3.43.